The van der Waals surface area contributed by atoms with Crippen LogP contribution in [0.5, 0.6) is 0 Å². The monoisotopic (exact) mass is 253 g/mol. The van der Waals surface area contributed by atoms with Crippen molar-refractivity contribution in [2.24, 2.45) is 0 Å². The highest BCUT2D eigenvalue weighted by Gasteiger charge is 2.39. The molecule has 1 aromatic rings. The van der Waals surface area contributed by atoms with Crippen LogP contribution in [0.3, 0.4) is 0 Å². The fourth-order valence-corrected chi connectivity index (χ4v) is 1.26. The first-order chi connectivity index (χ1) is 8.30. The fraction of sp³-hybridized carbons (Fsp3) is 0.769. The smallest absolute Gasteiger partial charge is 0.293 e. The molecule has 1 saturated carbocycles. The van der Waals surface area contributed by atoms with Crippen LogP contribution < -0.4 is 5.32 Å². The summed E-state index contributed by atoms with van der Waals surface area (Å²) in [5.74, 6) is 0.357. The molecule has 0 atom stereocenters. The maximum atomic E-state index is 11.7. The molecule has 18 heavy (non-hydrogen) atoms. The van der Waals surface area contributed by atoms with Crippen LogP contribution in [0.25, 0.3) is 0 Å². The summed E-state index contributed by atoms with van der Waals surface area (Å²) in [5.41, 5.74) is -0.283. The van der Waals surface area contributed by atoms with Crippen molar-refractivity contribution in [2.75, 3.05) is 0 Å². The van der Waals surface area contributed by atoms with Gasteiger partial charge in [-0.3, -0.25) is 4.79 Å². The van der Waals surface area contributed by atoms with Crippen molar-refractivity contribution in [3.8, 4) is 0 Å². The van der Waals surface area contributed by atoms with Crippen LogP contribution in [0.15, 0.2) is 4.52 Å². The van der Waals surface area contributed by atoms with Crippen molar-refractivity contribution >= 4 is 5.91 Å². The second-order valence-electron chi connectivity index (χ2n) is 5.69. The van der Waals surface area contributed by atoms with E-state index in [9.17, 15) is 4.79 Å². The van der Waals surface area contributed by atoms with E-state index in [1.165, 1.54) is 0 Å². The van der Waals surface area contributed by atoms with Crippen LogP contribution >= 0.6 is 0 Å². The number of carbonyl (C=O) groups excluding carboxylic acids is 1. The molecule has 0 saturated heterocycles. The zero-order valence-electron chi connectivity index (χ0n) is 12.1. The van der Waals surface area contributed by atoms with Crippen LogP contribution in [0.4, 0.5) is 0 Å². The highest BCUT2D eigenvalue weighted by atomic mass is 16.5. The molecular formula is C13H23N3O2. The highest BCUT2D eigenvalue weighted by Crippen LogP contribution is 2.34. The number of amides is 1. The average Bonchev–Trinajstić information content (AvgIpc) is 2.85. The Morgan fingerprint density at radius 3 is 2.28 bits per heavy atom. The van der Waals surface area contributed by atoms with E-state index in [-0.39, 0.29) is 22.7 Å². The minimum Gasteiger partial charge on any atom is -0.344 e. The number of nitrogens with one attached hydrogen (secondary N) is 1. The number of rotatable bonds is 2. The van der Waals surface area contributed by atoms with Crippen LogP contribution in [0.2, 0.25) is 0 Å². The Balaban J connectivity index is 0.000000771. The lowest BCUT2D eigenvalue weighted by molar-refractivity contribution is 0.0922. The third kappa shape index (κ3) is 3.55. The molecule has 0 aromatic carbocycles. The van der Waals surface area contributed by atoms with Crippen molar-refractivity contribution < 1.29 is 9.32 Å². The second kappa shape index (κ2) is 5.08. The zero-order chi connectivity index (χ0) is 14.0. The first-order valence-corrected chi connectivity index (χ1v) is 6.47. The molecule has 0 radical (unpaired) electrons. The van der Waals surface area contributed by atoms with Gasteiger partial charge in [0.05, 0.1) is 0 Å². The van der Waals surface area contributed by atoms with Crippen molar-refractivity contribution in [1.29, 1.82) is 0 Å². The summed E-state index contributed by atoms with van der Waals surface area (Å²) in [6.07, 6.45) is 2.03. The lowest BCUT2D eigenvalue weighted by Gasteiger charge is -2.10. The van der Waals surface area contributed by atoms with Crippen molar-refractivity contribution in [3.05, 3.63) is 11.7 Å². The van der Waals surface area contributed by atoms with E-state index in [1.54, 1.807) is 0 Å². The molecule has 0 spiro atoms. The van der Waals surface area contributed by atoms with Crippen LogP contribution in [0.1, 0.15) is 70.9 Å². The molecule has 1 aliphatic rings. The lowest BCUT2D eigenvalue weighted by Crippen LogP contribution is -2.34. The van der Waals surface area contributed by atoms with E-state index in [2.05, 4.69) is 15.5 Å². The number of nitrogens with zero attached hydrogens (tertiary/aromatic N) is 2. The molecular weight excluding hydrogens is 230 g/mol. The predicted molar refractivity (Wildman–Crippen MR) is 69.5 cm³/mol. The van der Waals surface area contributed by atoms with Gasteiger partial charge in [0.2, 0.25) is 5.89 Å². The molecule has 1 heterocycles. The normalized spacial score (nSPS) is 16.6. The van der Waals surface area contributed by atoms with Crippen LogP contribution in [-0.2, 0) is 5.41 Å². The molecule has 102 valence electrons. The maximum Gasteiger partial charge on any atom is 0.293 e. The quantitative estimate of drug-likeness (QED) is 0.879. The summed E-state index contributed by atoms with van der Waals surface area (Å²) in [4.78, 5) is 15.8. The summed E-state index contributed by atoms with van der Waals surface area (Å²) in [7, 11) is 0. The Morgan fingerprint density at radius 2 is 1.89 bits per heavy atom. The van der Waals surface area contributed by atoms with Gasteiger partial charge in [-0.25, -0.2) is 0 Å². The van der Waals surface area contributed by atoms with Gasteiger partial charge >= 0.3 is 0 Å². The standard InChI is InChI=1S/C11H17N3O2.C2H6/c1-10(2,3)9-12-7(14-16-9)8(15)13-11(4)5-6-11;1-2/h5-6H2,1-4H3,(H,13,15);1-2H3. The van der Waals surface area contributed by atoms with Gasteiger partial charge in [-0.1, -0.05) is 39.8 Å². The van der Waals surface area contributed by atoms with Gasteiger partial charge in [0, 0.05) is 11.0 Å². The third-order valence-electron chi connectivity index (χ3n) is 2.69. The molecule has 2 rings (SSSR count). The first kappa shape index (κ1) is 14.7. The number of hydrogen-bond donors (Lipinski definition) is 1. The number of hydrogen-bond acceptors (Lipinski definition) is 4. The van der Waals surface area contributed by atoms with Gasteiger partial charge in [0.1, 0.15) is 0 Å². The third-order valence-corrected chi connectivity index (χ3v) is 2.69. The molecule has 0 unspecified atom stereocenters. The van der Waals surface area contributed by atoms with E-state index in [1.807, 2.05) is 41.5 Å². The minimum atomic E-state index is -0.251. The molecule has 0 bridgehead atoms. The maximum absolute atomic E-state index is 11.7. The molecule has 5 heteroatoms. The Bertz CT molecular complexity index is 414. The molecule has 1 aliphatic carbocycles. The van der Waals surface area contributed by atoms with Gasteiger partial charge in [-0.2, -0.15) is 4.98 Å². The van der Waals surface area contributed by atoms with Crippen molar-refractivity contribution in [2.45, 2.75) is 65.3 Å². The SMILES string of the molecule is CC.CC1(NC(=O)c2noc(C(C)(C)C)n2)CC1. The average molecular weight is 253 g/mol. The summed E-state index contributed by atoms with van der Waals surface area (Å²) in [6, 6.07) is 0. The van der Waals surface area contributed by atoms with Crippen LogP contribution in [-0.4, -0.2) is 21.6 Å². The molecule has 5 nitrogen and oxygen atoms in total. The van der Waals surface area contributed by atoms with E-state index in [0.717, 1.165) is 12.8 Å². The predicted octanol–water partition coefficient (Wildman–Crippen LogP) is 2.68. The first-order valence-electron chi connectivity index (χ1n) is 6.47. The van der Waals surface area contributed by atoms with Gasteiger partial charge in [-0.05, 0) is 19.8 Å². The van der Waals surface area contributed by atoms with Gasteiger partial charge < -0.3 is 9.84 Å². The number of carbonyl (C=O) groups is 1. The largest absolute Gasteiger partial charge is 0.344 e. The van der Waals surface area contributed by atoms with E-state index in [0.29, 0.717) is 5.89 Å². The van der Waals surface area contributed by atoms with Gasteiger partial charge in [0.25, 0.3) is 11.7 Å². The molecule has 1 amide bonds. The van der Waals surface area contributed by atoms with E-state index in [4.69, 9.17) is 4.52 Å². The molecule has 1 fully saturated rings. The van der Waals surface area contributed by atoms with Crippen LogP contribution in [0, 0.1) is 0 Å². The summed E-state index contributed by atoms with van der Waals surface area (Å²) in [6.45, 7) is 11.9. The van der Waals surface area contributed by atoms with E-state index < -0.39 is 0 Å². The summed E-state index contributed by atoms with van der Waals surface area (Å²) in [5, 5.41) is 6.58. The molecule has 0 aliphatic heterocycles. The topological polar surface area (TPSA) is 68.0 Å². The molecule has 1 aromatic heterocycles. The van der Waals surface area contributed by atoms with E-state index >= 15 is 0 Å². The van der Waals surface area contributed by atoms with Gasteiger partial charge in [-0.15, -0.1) is 0 Å². The zero-order valence-corrected chi connectivity index (χ0v) is 12.1. The lowest BCUT2D eigenvalue weighted by atomic mass is 9.97. The van der Waals surface area contributed by atoms with Gasteiger partial charge in [0.15, 0.2) is 0 Å². The number of aromatic nitrogens is 2. The van der Waals surface area contributed by atoms with Crippen molar-refractivity contribution in [3.63, 3.8) is 0 Å². The summed E-state index contributed by atoms with van der Waals surface area (Å²) >= 11 is 0. The summed E-state index contributed by atoms with van der Waals surface area (Å²) < 4.78 is 5.06. The second-order valence-corrected chi connectivity index (χ2v) is 5.69. The molecule has 1 N–H and O–H groups in total. The fourth-order valence-electron chi connectivity index (χ4n) is 1.26. The van der Waals surface area contributed by atoms with Crippen molar-refractivity contribution in [1.82, 2.24) is 15.5 Å². The Labute approximate surface area is 108 Å². The Kier molecular flexibility index (Phi) is 4.14. The highest BCUT2D eigenvalue weighted by molar-refractivity contribution is 5.91. The minimum absolute atomic E-state index is 0.0559. The Morgan fingerprint density at radius 1 is 1.33 bits per heavy atom. The Hall–Kier alpha value is -1.39.